The summed E-state index contributed by atoms with van der Waals surface area (Å²) in [5, 5.41) is 7.31. The maximum absolute atomic E-state index is 12.0. The van der Waals surface area contributed by atoms with Crippen LogP contribution in [0.3, 0.4) is 0 Å². The molecular weight excluding hydrogens is 228 g/mol. The summed E-state index contributed by atoms with van der Waals surface area (Å²) >= 11 is 0. The van der Waals surface area contributed by atoms with Crippen molar-refractivity contribution in [1.29, 1.82) is 0 Å². The largest absolute Gasteiger partial charge is 0.327 e. The lowest BCUT2D eigenvalue weighted by molar-refractivity contribution is -0.896. The Labute approximate surface area is 108 Å². The number of carbonyl (C=O) groups is 1. The standard InChI is InChI=1S/C13H22N4O/c1-10-13(11(2)16(3)15-10)14-12(18)9-17-7-5-4-6-8-17/h4-9H2,1-3H3,(H,14,18)/p+1. The first kappa shape index (κ1) is 13.1. The molecule has 2 heterocycles. The highest BCUT2D eigenvalue weighted by Gasteiger charge is 2.19. The van der Waals surface area contributed by atoms with Crippen LogP contribution in [0, 0.1) is 13.8 Å². The summed E-state index contributed by atoms with van der Waals surface area (Å²) in [5.41, 5.74) is 2.77. The van der Waals surface area contributed by atoms with Crippen molar-refractivity contribution in [3.63, 3.8) is 0 Å². The van der Waals surface area contributed by atoms with Crippen molar-refractivity contribution in [2.75, 3.05) is 25.0 Å². The van der Waals surface area contributed by atoms with Crippen LogP contribution in [0.15, 0.2) is 0 Å². The van der Waals surface area contributed by atoms with Gasteiger partial charge in [-0.3, -0.25) is 9.48 Å². The van der Waals surface area contributed by atoms with Crippen LogP contribution in [0.2, 0.25) is 0 Å². The third-order valence-corrected chi connectivity index (χ3v) is 3.74. The van der Waals surface area contributed by atoms with Gasteiger partial charge in [0, 0.05) is 7.05 Å². The minimum atomic E-state index is 0.103. The van der Waals surface area contributed by atoms with Crippen LogP contribution in [0.25, 0.3) is 0 Å². The Hall–Kier alpha value is -1.36. The van der Waals surface area contributed by atoms with Crippen molar-refractivity contribution in [2.45, 2.75) is 33.1 Å². The average molecular weight is 251 g/mol. The van der Waals surface area contributed by atoms with E-state index in [4.69, 9.17) is 0 Å². The summed E-state index contributed by atoms with van der Waals surface area (Å²) in [5.74, 6) is 0.103. The third kappa shape index (κ3) is 2.90. The average Bonchev–Trinajstić information content (AvgIpc) is 2.57. The number of nitrogens with zero attached hydrogens (tertiary/aromatic N) is 2. The zero-order chi connectivity index (χ0) is 13.1. The van der Waals surface area contributed by atoms with Crippen LogP contribution < -0.4 is 10.2 Å². The van der Waals surface area contributed by atoms with Crippen LogP contribution in [0.5, 0.6) is 0 Å². The molecule has 0 aliphatic carbocycles. The smallest absolute Gasteiger partial charge is 0.279 e. The van der Waals surface area contributed by atoms with Gasteiger partial charge in [0.05, 0.1) is 30.2 Å². The molecule has 18 heavy (non-hydrogen) atoms. The number of hydrogen-bond acceptors (Lipinski definition) is 2. The lowest BCUT2D eigenvalue weighted by Gasteiger charge is -2.22. The van der Waals surface area contributed by atoms with E-state index in [0.29, 0.717) is 6.54 Å². The predicted molar refractivity (Wildman–Crippen MR) is 70.7 cm³/mol. The molecule has 0 saturated carbocycles. The fourth-order valence-corrected chi connectivity index (χ4v) is 2.59. The summed E-state index contributed by atoms with van der Waals surface area (Å²) in [4.78, 5) is 13.4. The van der Waals surface area contributed by atoms with Crippen LogP contribution in [-0.4, -0.2) is 35.3 Å². The summed E-state index contributed by atoms with van der Waals surface area (Å²) in [6.45, 7) is 6.73. The Morgan fingerprint density at radius 3 is 2.56 bits per heavy atom. The lowest BCUT2D eigenvalue weighted by Crippen LogP contribution is -3.13. The molecular formula is C13H23N4O+. The topological polar surface area (TPSA) is 51.4 Å². The minimum Gasteiger partial charge on any atom is -0.327 e. The second-order valence-electron chi connectivity index (χ2n) is 5.21. The van der Waals surface area contributed by atoms with Gasteiger partial charge in [0.1, 0.15) is 0 Å². The molecule has 0 spiro atoms. The molecule has 5 nitrogen and oxygen atoms in total. The molecule has 2 N–H and O–H groups in total. The summed E-state index contributed by atoms with van der Waals surface area (Å²) in [7, 11) is 1.90. The number of carbonyl (C=O) groups excluding carboxylic acids is 1. The fraction of sp³-hybridized carbons (Fsp3) is 0.692. The molecule has 1 saturated heterocycles. The molecule has 0 atom stereocenters. The lowest BCUT2D eigenvalue weighted by atomic mass is 10.1. The van der Waals surface area contributed by atoms with Gasteiger partial charge in [0.15, 0.2) is 6.54 Å². The highest BCUT2D eigenvalue weighted by molar-refractivity contribution is 5.92. The Morgan fingerprint density at radius 2 is 2.00 bits per heavy atom. The van der Waals surface area contributed by atoms with Gasteiger partial charge < -0.3 is 10.2 Å². The molecule has 5 heteroatoms. The molecule has 100 valence electrons. The van der Waals surface area contributed by atoms with Crippen molar-refractivity contribution in [3.8, 4) is 0 Å². The van der Waals surface area contributed by atoms with Crippen LogP contribution in [0.4, 0.5) is 5.69 Å². The Balaban J connectivity index is 1.94. The normalized spacial score (nSPS) is 16.8. The molecule has 0 aromatic carbocycles. The number of hydrogen-bond donors (Lipinski definition) is 2. The second kappa shape index (κ2) is 5.52. The van der Waals surface area contributed by atoms with E-state index in [1.54, 1.807) is 4.68 Å². The maximum atomic E-state index is 12.0. The van der Waals surface area contributed by atoms with Gasteiger partial charge in [-0.1, -0.05) is 0 Å². The van der Waals surface area contributed by atoms with Gasteiger partial charge in [-0.2, -0.15) is 5.10 Å². The van der Waals surface area contributed by atoms with E-state index in [1.807, 2.05) is 20.9 Å². The van der Waals surface area contributed by atoms with Gasteiger partial charge >= 0.3 is 0 Å². The van der Waals surface area contributed by atoms with Crippen molar-refractivity contribution in [1.82, 2.24) is 9.78 Å². The van der Waals surface area contributed by atoms with E-state index < -0.39 is 0 Å². The third-order valence-electron chi connectivity index (χ3n) is 3.74. The van der Waals surface area contributed by atoms with Crippen molar-refractivity contribution < 1.29 is 9.69 Å². The van der Waals surface area contributed by atoms with E-state index in [1.165, 1.54) is 24.2 Å². The zero-order valence-corrected chi connectivity index (χ0v) is 11.5. The quantitative estimate of drug-likeness (QED) is 0.797. The van der Waals surface area contributed by atoms with Crippen LogP contribution in [-0.2, 0) is 11.8 Å². The first-order valence-electron chi connectivity index (χ1n) is 6.71. The molecule has 1 amide bonds. The minimum absolute atomic E-state index is 0.103. The second-order valence-corrected chi connectivity index (χ2v) is 5.21. The van der Waals surface area contributed by atoms with Gasteiger partial charge in [0.2, 0.25) is 0 Å². The monoisotopic (exact) mass is 251 g/mol. The number of nitrogens with one attached hydrogen (secondary N) is 2. The Kier molecular flexibility index (Phi) is 4.01. The SMILES string of the molecule is Cc1nn(C)c(C)c1NC(=O)C[NH+]1CCCCC1. The molecule has 0 unspecified atom stereocenters. The first-order chi connectivity index (χ1) is 8.58. The number of rotatable bonds is 3. The summed E-state index contributed by atoms with van der Waals surface area (Å²) in [6.07, 6.45) is 3.80. The zero-order valence-electron chi connectivity index (χ0n) is 11.5. The van der Waals surface area contributed by atoms with Gasteiger partial charge in [-0.15, -0.1) is 0 Å². The molecule has 0 bridgehead atoms. The number of likely N-dealkylation sites (tertiary alicyclic amines) is 1. The molecule has 1 aliphatic heterocycles. The van der Waals surface area contributed by atoms with Crippen molar-refractivity contribution >= 4 is 11.6 Å². The van der Waals surface area contributed by atoms with E-state index in [-0.39, 0.29) is 5.91 Å². The Bertz CT molecular complexity index is 432. The van der Waals surface area contributed by atoms with E-state index in [9.17, 15) is 4.79 Å². The van der Waals surface area contributed by atoms with Gasteiger partial charge in [-0.05, 0) is 33.1 Å². The van der Waals surface area contributed by atoms with Crippen molar-refractivity contribution in [2.24, 2.45) is 7.05 Å². The highest BCUT2D eigenvalue weighted by atomic mass is 16.2. The number of amides is 1. The van der Waals surface area contributed by atoms with Gasteiger partial charge in [0.25, 0.3) is 5.91 Å². The highest BCUT2D eigenvalue weighted by Crippen LogP contribution is 2.17. The predicted octanol–water partition coefficient (Wildman–Crippen LogP) is 0.0442. The van der Waals surface area contributed by atoms with Gasteiger partial charge in [-0.25, -0.2) is 0 Å². The number of quaternary nitrogens is 1. The van der Waals surface area contributed by atoms with Crippen molar-refractivity contribution in [3.05, 3.63) is 11.4 Å². The molecule has 1 fully saturated rings. The van der Waals surface area contributed by atoms with E-state index in [0.717, 1.165) is 30.2 Å². The fourth-order valence-electron chi connectivity index (χ4n) is 2.59. The van der Waals surface area contributed by atoms with Crippen LogP contribution >= 0.6 is 0 Å². The van der Waals surface area contributed by atoms with Crippen LogP contribution in [0.1, 0.15) is 30.7 Å². The molecule has 1 aromatic heterocycles. The summed E-state index contributed by atoms with van der Waals surface area (Å²) < 4.78 is 1.80. The number of aryl methyl sites for hydroxylation is 2. The molecule has 0 radical (unpaired) electrons. The molecule has 1 aromatic rings. The number of anilines is 1. The number of aromatic nitrogens is 2. The summed E-state index contributed by atoms with van der Waals surface area (Å²) in [6, 6.07) is 0. The maximum Gasteiger partial charge on any atom is 0.279 e. The molecule has 2 rings (SSSR count). The number of piperidine rings is 1. The first-order valence-corrected chi connectivity index (χ1v) is 6.71. The molecule has 1 aliphatic rings. The Morgan fingerprint density at radius 1 is 1.33 bits per heavy atom. The van der Waals surface area contributed by atoms with E-state index in [2.05, 4.69) is 10.4 Å². The van der Waals surface area contributed by atoms with E-state index >= 15 is 0 Å².